The van der Waals surface area contributed by atoms with Crippen molar-refractivity contribution in [1.29, 1.82) is 0 Å². The van der Waals surface area contributed by atoms with Crippen LogP contribution in [0.5, 0.6) is 0 Å². The molecule has 0 bridgehead atoms. The molecule has 178 valence electrons. The van der Waals surface area contributed by atoms with Crippen LogP contribution in [-0.4, -0.2) is 18.4 Å². The summed E-state index contributed by atoms with van der Waals surface area (Å²) in [6.07, 6.45) is 8.24. The Kier molecular flexibility index (Phi) is 6.66. The lowest BCUT2D eigenvalue weighted by molar-refractivity contribution is -0.149. The largest absolute Gasteiger partial charge is 0.492 e. The number of fused-ring (bicyclic) bond motifs is 2. The van der Waals surface area contributed by atoms with E-state index in [4.69, 9.17) is 14.2 Å². The molecule has 5 heteroatoms. The Balaban J connectivity index is 1.58. The molecule has 0 spiro atoms. The Labute approximate surface area is 205 Å². The number of allylic oxidation sites excluding steroid dienone is 5. The summed E-state index contributed by atoms with van der Waals surface area (Å²) in [4.78, 5) is 26.1. The third-order valence-corrected chi connectivity index (χ3v) is 6.59. The van der Waals surface area contributed by atoms with Crippen LogP contribution in [0.3, 0.4) is 0 Å². The molecule has 2 aromatic rings. The van der Waals surface area contributed by atoms with E-state index in [2.05, 4.69) is 12.2 Å². The quantitative estimate of drug-likeness (QED) is 0.381. The predicted molar refractivity (Wildman–Crippen MR) is 132 cm³/mol. The number of ketones is 1. The second-order valence-electron chi connectivity index (χ2n) is 8.82. The molecular formula is C30H28O5. The van der Waals surface area contributed by atoms with Crippen LogP contribution >= 0.6 is 0 Å². The highest BCUT2D eigenvalue weighted by atomic mass is 16.5. The average molecular weight is 469 g/mol. The minimum atomic E-state index is -0.994. The lowest BCUT2D eigenvalue weighted by Gasteiger charge is -2.35. The van der Waals surface area contributed by atoms with Crippen molar-refractivity contribution in [3.63, 3.8) is 0 Å². The highest BCUT2D eigenvalue weighted by molar-refractivity contribution is 6.08. The van der Waals surface area contributed by atoms with Crippen molar-refractivity contribution in [3.8, 4) is 0 Å². The third kappa shape index (κ3) is 4.59. The van der Waals surface area contributed by atoms with Gasteiger partial charge in [0.15, 0.2) is 5.78 Å². The Hall–Kier alpha value is -3.86. The van der Waals surface area contributed by atoms with E-state index >= 15 is 0 Å². The first kappa shape index (κ1) is 22.9. The molecule has 3 unspecified atom stereocenters. The molecule has 0 aliphatic heterocycles. The molecule has 1 fully saturated rings. The second kappa shape index (κ2) is 10.2. The van der Waals surface area contributed by atoms with Gasteiger partial charge in [-0.25, -0.2) is 0 Å². The molecular weight excluding hydrogens is 440 g/mol. The molecule has 0 N–H and O–H groups in total. The third-order valence-electron chi connectivity index (χ3n) is 6.59. The Bertz CT molecular complexity index is 1220. The lowest BCUT2D eigenvalue weighted by Crippen LogP contribution is -2.30. The summed E-state index contributed by atoms with van der Waals surface area (Å²) in [6.45, 7) is 2.68. The van der Waals surface area contributed by atoms with Gasteiger partial charge in [-0.1, -0.05) is 85.0 Å². The molecule has 0 aromatic heterocycles. The number of Topliss-reactive ketones (excluding diaryl/α,β-unsaturated/α-hetero) is 1. The fourth-order valence-electron chi connectivity index (χ4n) is 5.01. The zero-order valence-corrected chi connectivity index (χ0v) is 19.7. The van der Waals surface area contributed by atoms with Crippen LogP contribution in [0.4, 0.5) is 0 Å². The van der Waals surface area contributed by atoms with E-state index in [1.807, 2.05) is 72.8 Å². The molecule has 5 rings (SSSR count). The zero-order valence-electron chi connectivity index (χ0n) is 19.7. The average Bonchev–Trinajstić information content (AvgIpc) is 3.24. The maximum absolute atomic E-state index is 13.2. The summed E-state index contributed by atoms with van der Waals surface area (Å²) >= 11 is 0. The Morgan fingerprint density at radius 2 is 1.37 bits per heavy atom. The van der Waals surface area contributed by atoms with E-state index in [9.17, 15) is 9.59 Å². The summed E-state index contributed by atoms with van der Waals surface area (Å²) in [7, 11) is 0. The fourth-order valence-corrected chi connectivity index (χ4v) is 5.01. The number of esters is 1. The maximum Gasteiger partial charge on any atom is 0.321 e. The summed E-state index contributed by atoms with van der Waals surface area (Å²) in [5.41, 5.74) is 3.43. The van der Waals surface area contributed by atoms with Crippen LogP contribution < -0.4 is 0 Å². The zero-order chi connectivity index (χ0) is 24.2. The van der Waals surface area contributed by atoms with Crippen LogP contribution in [0.2, 0.25) is 0 Å². The monoisotopic (exact) mass is 468 g/mol. The van der Waals surface area contributed by atoms with Crippen molar-refractivity contribution < 1.29 is 23.8 Å². The summed E-state index contributed by atoms with van der Waals surface area (Å²) in [5.74, 6) is -0.586. The van der Waals surface area contributed by atoms with Gasteiger partial charge >= 0.3 is 5.97 Å². The molecule has 5 nitrogen and oxygen atoms in total. The smallest absolute Gasteiger partial charge is 0.321 e. The van der Waals surface area contributed by atoms with Crippen molar-refractivity contribution in [3.05, 3.63) is 119 Å². The highest BCUT2D eigenvalue weighted by Crippen LogP contribution is 2.50. The standard InChI is InChI=1S/C30H28O5/c1-2-33-30(32)27-25(31)17-24-26(27)29(35-19-21-13-7-4-8-14-21)23-16-10-9-15-22(23)28(24)34-18-20-11-5-3-6-12-20/h3-16,22-23,27H,2,17-19H2,1H3. The van der Waals surface area contributed by atoms with Crippen LogP contribution in [0.15, 0.2) is 108 Å². The molecule has 0 heterocycles. The van der Waals surface area contributed by atoms with Gasteiger partial charge in [0, 0.05) is 29.4 Å². The van der Waals surface area contributed by atoms with Gasteiger partial charge < -0.3 is 14.2 Å². The minimum absolute atomic E-state index is 0.109. The van der Waals surface area contributed by atoms with Crippen LogP contribution in [0.25, 0.3) is 0 Å². The number of ether oxygens (including phenoxy) is 3. The highest BCUT2D eigenvalue weighted by Gasteiger charge is 2.50. The number of carbonyl (C=O) groups excluding carboxylic acids is 2. The number of carbonyl (C=O) groups is 2. The van der Waals surface area contributed by atoms with Crippen molar-refractivity contribution in [2.24, 2.45) is 17.8 Å². The second-order valence-corrected chi connectivity index (χ2v) is 8.82. The van der Waals surface area contributed by atoms with Gasteiger partial charge in [-0.2, -0.15) is 0 Å². The van der Waals surface area contributed by atoms with E-state index in [1.165, 1.54) is 0 Å². The SMILES string of the molecule is CCOC(=O)C1C(=O)CC2=C(OCc3ccccc3)C3C=CC=CC3C(OCc3ccccc3)=C21. The first-order valence-corrected chi connectivity index (χ1v) is 12.0. The normalized spacial score (nSPS) is 22.7. The number of hydrogen-bond acceptors (Lipinski definition) is 5. The Morgan fingerprint density at radius 3 is 1.94 bits per heavy atom. The molecule has 0 amide bonds. The number of benzene rings is 2. The fraction of sp³-hybridized carbons (Fsp3) is 0.267. The van der Waals surface area contributed by atoms with E-state index in [0.29, 0.717) is 24.5 Å². The van der Waals surface area contributed by atoms with E-state index < -0.39 is 11.9 Å². The molecule has 2 aromatic carbocycles. The van der Waals surface area contributed by atoms with E-state index in [1.54, 1.807) is 6.92 Å². The van der Waals surface area contributed by atoms with Crippen molar-refractivity contribution in [2.75, 3.05) is 6.61 Å². The van der Waals surface area contributed by atoms with Gasteiger partial charge in [0.05, 0.1) is 6.61 Å². The van der Waals surface area contributed by atoms with Crippen molar-refractivity contribution in [1.82, 2.24) is 0 Å². The maximum atomic E-state index is 13.2. The summed E-state index contributed by atoms with van der Waals surface area (Å²) in [6, 6.07) is 19.8. The molecule has 3 aliphatic carbocycles. The Morgan fingerprint density at radius 1 is 0.829 bits per heavy atom. The van der Waals surface area contributed by atoms with Crippen LogP contribution in [0, 0.1) is 17.8 Å². The van der Waals surface area contributed by atoms with Gasteiger partial charge in [0.1, 0.15) is 30.6 Å². The molecule has 3 atom stereocenters. The van der Waals surface area contributed by atoms with E-state index in [-0.39, 0.29) is 30.6 Å². The first-order valence-electron chi connectivity index (χ1n) is 12.0. The topological polar surface area (TPSA) is 61.8 Å². The van der Waals surface area contributed by atoms with Crippen LogP contribution in [0.1, 0.15) is 24.5 Å². The predicted octanol–water partition coefficient (Wildman–Crippen LogP) is 5.45. The summed E-state index contributed by atoms with van der Waals surface area (Å²) < 4.78 is 18.1. The van der Waals surface area contributed by atoms with Gasteiger partial charge in [0.2, 0.25) is 0 Å². The van der Waals surface area contributed by atoms with E-state index in [0.717, 1.165) is 22.5 Å². The van der Waals surface area contributed by atoms with Gasteiger partial charge in [-0.3, -0.25) is 9.59 Å². The van der Waals surface area contributed by atoms with Crippen molar-refractivity contribution >= 4 is 11.8 Å². The molecule has 1 saturated carbocycles. The lowest BCUT2D eigenvalue weighted by atomic mass is 9.76. The van der Waals surface area contributed by atoms with Gasteiger partial charge in [-0.05, 0) is 18.1 Å². The number of rotatable bonds is 8. The number of hydrogen-bond donors (Lipinski definition) is 0. The molecule has 35 heavy (non-hydrogen) atoms. The van der Waals surface area contributed by atoms with Gasteiger partial charge in [0.25, 0.3) is 0 Å². The minimum Gasteiger partial charge on any atom is -0.492 e. The first-order chi connectivity index (χ1) is 17.2. The molecule has 3 aliphatic rings. The van der Waals surface area contributed by atoms with Crippen LogP contribution in [-0.2, 0) is 37.0 Å². The summed E-state index contributed by atoms with van der Waals surface area (Å²) in [5, 5.41) is 0. The molecule has 0 saturated heterocycles. The molecule has 0 radical (unpaired) electrons. The van der Waals surface area contributed by atoms with Gasteiger partial charge in [-0.15, -0.1) is 0 Å². The van der Waals surface area contributed by atoms with Crippen molar-refractivity contribution in [2.45, 2.75) is 26.6 Å².